The van der Waals surface area contributed by atoms with Crippen LogP contribution in [0.5, 0.6) is 0 Å². The van der Waals surface area contributed by atoms with Gasteiger partial charge in [-0.1, -0.05) is 11.2 Å². The second kappa shape index (κ2) is 6.76. The number of imidazole rings is 1. The normalized spacial score (nSPS) is 13.6. The second-order valence-corrected chi connectivity index (χ2v) is 6.34. The van der Waals surface area contributed by atoms with Gasteiger partial charge in [0.05, 0.1) is 12.2 Å². The number of nitrogens with one attached hydrogen (secondary N) is 1. The zero-order valence-electron chi connectivity index (χ0n) is 14.6. The molecule has 0 aliphatic carbocycles. The second-order valence-electron chi connectivity index (χ2n) is 6.34. The molecule has 1 aliphatic heterocycles. The molecule has 1 aliphatic rings. The molecule has 0 amide bonds. The summed E-state index contributed by atoms with van der Waals surface area (Å²) in [5.41, 5.74) is 2.77. The van der Waals surface area contributed by atoms with Crippen LogP contribution in [0.3, 0.4) is 0 Å². The van der Waals surface area contributed by atoms with Crippen LogP contribution < -0.4 is 5.32 Å². The van der Waals surface area contributed by atoms with Crippen LogP contribution in [0.15, 0.2) is 47.4 Å². The molecule has 0 atom stereocenters. The zero-order valence-corrected chi connectivity index (χ0v) is 14.6. The standard InChI is InChI=1S/C18H18N8O/c1-2-5-20-14(3-1)17-22-16(27-24-17)4-8-25-9-7-21-18(25)15-11-13-12-19-6-10-26(13)23-15/h1-3,5,7,9,11,19H,4,6,8,10,12H2. The third-order valence-corrected chi connectivity index (χ3v) is 4.54. The van der Waals surface area contributed by atoms with E-state index in [0.29, 0.717) is 30.4 Å². The lowest BCUT2D eigenvalue weighted by Crippen LogP contribution is -2.28. The largest absolute Gasteiger partial charge is 0.339 e. The number of hydrogen-bond acceptors (Lipinski definition) is 7. The van der Waals surface area contributed by atoms with Gasteiger partial charge in [-0.05, 0) is 18.2 Å². The molecule has 0 saturated heterocycles. The molecule has 5 rings (SSSR count). The van der Waals surface area contributed by atoms with Crippen LogP contribution in [0.4, 0.5) is 0 Å². The third kappa shape index (κ3) is 3.13. The number of rotatable bonds is 5. The predicted molar refractivity (Wildman–Crippen MR) is 96.4 cm³/mol. The van der Waals surface area contributed by atoms with Crippen molar-refractivity contribution in [2.75, 3.05) is 6.54 Å². The van der Waals surface area contributed by atoms with Crippen molar-refractivity contribution in [1.82, 2.24) is 39.8 Å². The molecule has 0 bridgehead atoms. The summed E-state index contributed by atoms with van der Waals surface area (Å²) in [4.78, 5) is 13.2. The van der Waals surface area contributed by atoms with Gasteiger partial charge in [-0.3, -0.25) is 9.67 Å². The fourth-order valence-corrected chi connectivity index (χ4v) is 3.20. The lowest BCUT2D eigenvalue weighted by atomic mass is 10.3. The minimum Gasteiger partial charge on any atom is -0.339 e. The van der Waals surface area contributed by atoms with Crippen molar-refractivity contribution in [1.29, 1.82) is 0 Å². The molecule has 4 aromatic rings. The van der Waals surface area contributed by atoms with Gasteiger partial charge in [0.1, 0.15) is 11.4 Å². The van der Waals surface area contributed by atoms with Crippen molar-refractivity contribution in [3.05, 3.63) is 54.4 Å². The summed E-state index contributed by atoms with van der Waals surface area (Å²) < 4.78 is 9.47. The van der Waals surface area contributed by atoms with E-state index in [4.69, 9.17) is 4.52 Å². The Morgan fingerprint density at radius 1 is 1.15 bits per heavy atom. The van der Waals surface area contributed by atoms with Crippen LogP contribution >= 0.6 is 0 Å². The lowest BCUT2D eigenvalue weighted by Gasteiger charge is -2.13. The fraction of sp³-hybridized carbons (Fsp3) is 0.278. The quantitative estimate of drug-likeness (QED) is 0.575. The highest BCUT2D eigenvalue weighted by atomic mass is 16.5. The average molecular weight is 362 g/mol. The highest BCUT2D eigenvalue weighted by Gasteiger charge is 2.16. The van der Waals surface area contributed by atoms with E-state index in [2.05, 4.69) is 41.2 Å². The van der Waals surface area contributed by atoms with Gasteiger partial charge in [0.2, 0.25) is 11.7 Å². The third-order valence-electron chi connectivity index (χ3n) is 4.54. The first-order chi connectivity index (χ1) is 13.4. The zero-order chi connectivity index (χ0) is 18.1. The summed E-state index contributed by atoms with van der Waals surface area (Å²) in [6.45, 7) is 3.35. The van der Waals surface area contributed by atoms with Gasteiger partial charge in [0, 0.05) is 44.6 Å². The van der Waals surface area contributed by atoms with Gasteiger partial charge >= 0.3 is 0 Å². The molecule has 0 aromatic carbocycles. The number of nitrogens with zero attached hydrogens (tertiary/aromatic N) is 7. The molecule has 0 saturated carbocycles. The Morgan fingerprint density at radius 2 is 2.15 bits per heavy atom. The molecule has 4 aromatic heterocycles. The predicted octanol–water partition coefficient (Wildman–Crippen LogP) is 1.54. The maximum atomic E-state index is 5.37. The van der Waals surface area contributed by atoms with Crippen LogP contribution in [-0.2, 0) is 26.1 Å². The monoisotopic (exact) mass is 362 g/mol. The first-order valence-electron chi connectivity index (χ1n) is 8.90. The molecular weight excluding hydrogens is 344 g/mol. The number of aryl methyl sites for hydroxylation is 2. The van der Waals surface area contributed by atoms with Gasteiger partial charge in [-0.25, -0.2) is 4.98 Å². The van der Waals surface area contributed by atoms with Gasteiger partial charge in [0.25, 0.3) is 0 Å². The van der Waals surface area contributed by atoms with E-state index in [1.807, 2.05) is 29.1 Å². The SMILES string of the molecule is c1ccc(-c2noc(CCn3ccnc3-c3cc4n(n3)CCNC4)n2)nc1. The maximum absolute atomic E-state index is 5.37. The molecule has 0 radical (unpaired) electrons. The van der Waals surface area contributed by atoms with Gasteiger partial charge in [-0.2, -0.15) is 10.1 Å². The van der Waals surface area contributed by atoms with Crippen molar-refractivity contribution in [2.45, 2.75) is 26.1 Å². The summed E-state index contributed by atoms with van der Waals surface area (Å²) in [5, 5.41) is 12.1. The Bertz CT molecular complexity index is 1020. The Morgan fingerprint density at radius 3 is 3.04 bits per heavy atom. The first-order valence-corrected chi connectivity index (χ1v) is 8.90. The number of pyridine rings is 1. The van der Waals surface area contributed by atoms with Gasteiger partial charge in [-0.15, -0.1) is 0 Å². The van der Waals surface area contributed by atoms with Crippen molar-refractivity contribution >= 4 is 0 Å². The minimum atomic E-state index is 0.505. The summed E-state index contributed by atoms with van der Waals surface area (Å²) in [6.07, 6.45) is 6.06. The van der Waals surface area contributed by atoms with Crippen LogP contribution in [0.2, 0.25) is 0 Å². The van der Waals surface area contributed by atoms with E-state index in [0.717, 1.165) is 31.2 Å². The number of aromatic nitrogens is 7. The molecule has 1 N–H and O–H groups in total. The molecule has 0 spiro atoms. The van der Waals surface area contributed by atoms with E-state index in [-0.39, 0.29) is 0 Å². The van der Waals surface area contributed by atoms with Gasteiger partial charge < -0.3 is 14.4 Å². The first kappa shape index (κ1) is 15.9. The highest BCUT2D eigenvalue weighted by Crippen LogP contribution is 2.20. The number of hydrogen-bond donors (Lipinski definition) is 1. The van der Waals surface area contributed by atoms with Crippen LogP contribution in [0.25, 0.3) is 23.0 Å². The summed E-state index contributed by atoms with van der Waals surface area (Å²) in [6, 6.07) is 7.71. The number of fused-ring (bicyclic) bond motifs is 1. The molecule has 0 fully saturated rings. The lowest BCUT2D eigenvalue weighted by molar-refractivity contribution is 0.372. The molecule has 9 nitrogen and oxygen atoms in total. The summed E-state index contributed by atoms with van der Waals surface area (Å²) in [7, 11) is 0. The Hall–Kier alpha value is -3.33. The Balaban J connectivity index is 1.32. The van der Waals surface area contributed by atoms with E-state index in [1.165, 1.54) is 5.69 Å². The van der Waals surface area contributed by atoms with Crippen molar-refractivity contribution in [3.63, 3.8) is 0 Å². The maximum Gasteiger partial charge on any atom is 0.228 e. The van der Waals surface area contributed by atoms with Crippen molar-refractivity contribution in [2.24, 2.45) is 0 Å². The van der Waals surface area contributed by atoms with E-state index < -0.39 is 0 Å². The Labute approximate surface area is 155 Å². The summed E-state index contributed by atoms with van der Waals surface area (Å²) in [5.74, 6) is 1.93. The topological polar surface area (TPSA) is 99.5 Å². The van der Waals surface area contributed by atoms with E-state index in [9.17, 15) is 0 Å². The van der Waals surface area contributed by atoms with Crippen LogP contribution in [-0.4, -0.2) is 41.0 Å². The fourth-order valence-electron chi connectivity index (χ4n) is 3.20. The van der Waals surface area contributed by atoms with Crippen molar-refractivity contribution in [3.8, 4) is 23.0 Å². The summed E-state index contributed by atoms with van der Waals surface area (Å²) >= 11 is 0. The molecule has 5 heterocycles. The van der Waals surface area contributed by atoms with Gasteiger partial charge in [0.15, 0.2) is 5.82 Å². The molecule has 9 heteroatoms. The molecule has 136 valence electrons. The average Bonchev–Trinajstić information content (AvgIpc) is 3.45. The molecular formula is C18H18N8O. The molecule has 27 heavy (non-hydrogen) atoms. The van der Waals surface area contributed by atoms with Crippen molar-refractivity contribution < 1.29 is 4.52 Å². The molecule has 0 unspecified atom stereocenters. The minimum absolute atomic E-state index is 0.505. The van der Waals surface area contributed by atoms with E-state index in [1.54, 1.807) is 12.4 Å². The Kier molecular flexibility index (Phi) is 3.98. The van der Waals surface area contributed by atoms with E-state index >= 15 is 0 Å². The van der Waals surface area contributed by atoms with Crippen LogP contribution in [0.1, 0.15) is 11.6 Å². The highest BCUT2D eigenvalue weighted by molar-refractivity contribution is 5.50. The smallest absolute Gasteiger partial charge is 0.228 e. The van der Waals surface area contributed by atoms with Crippen LogP contribution in [0, 0.1) is 0 Å².